The number of hydrogen-bond donors (Lipinski definition) is 4. The second-order valence-corrected chi connectivity index (χ2v) is 9.01. The van der Waals surface area contributed by atoms with Crippen LogP contribution in [-0.2, 0) is 4.79 Å². The van der Waals surface area contributed by atoms with E-state index in [9.17, 15) is 9.59 Å². The Morgan fingerprint density at radius 3 is 2.29 bits per heavy atom. The smallest absolute Gasteiger partial charge is 0.323 e. The lowest BCUT2D eigenvalue weighted by Crippen LogP contribution is -2.33. The second-order valence-electron chi connectivity index (χ2n) is 7.67. The first kappa shape index (κ1) is 23.4. The fourth-order valence-electron chi connectivity index (χ4n) is 3.45. The molecule has 8 nitrogen and oxygen atoms in total. The van der Waals surface area contributed by atoms with Crippen LogP contribution in [0.3, 0.4) is 0 Å². The molecule has 34 heavy (non-hydrogen) atoms. The van der Waals surface area contributed by atoms with Gasteiger partial charge in [-0.1, -0.05) is 36.4 Å². The van der Waals surface area contributed by atoms with E-state index in [1.807, 2.05) is 66.9 Å². The molecule has 0 fully saturated rings. The summed E-state index contributed by atoms with van der Waals surface area (Å²) in [4.78, 5) is 26.1. The molecular weight excluding hydrogens is 468 g/mol. The van der Waals surface area contributed by atoms with Gasteiger partial charge in [0.2, 0.25) is 5.91 Å². The van der Waals surface area contributed by atoms with Gasteiger partial charge in [-0.25, -0.2) is 4.79 Å². The zero-order valence-electron chi connectivity index (χ0n) is 18.6. The van der Waals surface area contributed by atoms with Crippen LogP contribution in [0, 0.1) is 4.77 Å². The number of carbonyl (C=O) groups excluding carboxylic acids is 2. The molecule has 2 aromatic carbocycles. The molecule has 0 radical (unpaired) electrons. The van der Waals surface area contributed by atoms with Crippen molar-refractivity contribution in [3.63, 3.8) is 0 Å². The second kappa shape index (κ2) is 10.4. The highest BCUT2D eigenvalue weighted by Crippen LogP contribution is 2.26. The topological polar surface area (TPSA) is 104 Å². The maximum absolute atomic E-state index is 13.0. The number of amides is 3. The number of nitrogens with one attached hydrogen (secondary N) is 4. The SMILES string of the molecule is CC(NC(=O)C(C)n1c(-c2cccs2)n[nH]c1=S)c1ccc(NC(=O)Nc2ccccc2)cc1. The van der Waals surface area contributed by atoms with Gasteiger partial charge in [-0.05, 0) is 67.3 Å². The Labute approximate surface area is 206 Å². The lowest BCUT2D eigenvalue weighted by Gasteiger charge is -2.20. The third kappa shape index (κ3) is 5.41. The van der Waals surface area contributed by atoms with Gasteiger partial charge >= 0.3 is 6.03 Å². The quantitative estimate of drug-likeness (QED) is 0.247. The first-order valence-electron chi connectivity index (χ1n) is 10.7. The number of hydrogen-bond acceptors (Lipinski definition) is 5. The Balaban J connectivity index is 1.38. The molecule has 4 rings (SSSR count). The van der Waals surface area contributed by atoms with E-state index >= 15 is 0 Å². The van der Waals surface area contributed by atoms with Crippen LogP contribution in [0.25, 0.3) is 10.7 Å². The number of para-hydroxylation sites is 1. The molecule has 4 aromatic rings. The number of benzene rings is 2. The molecule has 0 aliphatic heterocycles. The van der Waals surface area contributed by atoms with E-state index in [0.29, 0.717) is 22.0 Å². The molecule has 0 aliphatic rings. The highest BCUT2D eigenvalue weighted by Gasteiger charge is 2.23. The fourth-order valence-corrected chi connectivity index (χ4v) is 4.45. The minimum atomic E-state index is -0.548. The summed E-state index contributed by atoms with van der Waals surface area (Å²) in [6.07, 6.45) is 0. The predicted molar refractivity (Wildman–Crippen MR) is 138 cm³/mol. The number of H-pyrrole nitrogens is 1. The van der Waals surface area contributed by atoms with E-state index in [1.54, 1.807) is 23.6 Å². The first-order chi connectivity index (χ1) is 16.4. The van der Waals surface area contributed by atoms with Crippen LogP contribution in [0.4, 0.5) is 16.2 Å². The molecule has 3 amide bonds. The fraction of sp³-hybridized carbons (Fsp3) is 0.167. The van der Waals surface area contributed by atoms with Gasteiger partial charge in [0.05, 0.1) is 10.9 Å². The van der Waals surface area contributed by atoms with Gasteiger partial charge in [0, 0.05) is 11.4 Å². The molecule has 0 saturated heterocycles. The summed E-state index contributed by atoms with van der Waals surface area (Å²) in [5.74, 6) is 0.465. The lowest BCUT2D eigenvalue weighted by molar-refractivity contribution is -0.124. The molecule has 0 bridgehead atoms. The largest absolute Gasteiger partial charge is 0.348 e. The van der Waals surface area contributed by atoms with E-state index in [2.05, 4.69) is 26.1 Å². The number of thiophene rings is 1. The van der Waals surface area contributed by atoms with Gasteiger partial charge in [-0.2, -0.15) is 5.10 Å². The predicted octanol–water partition coefficient (Wildman–Crippen LogP) is 5.75. The summed E-state index contributed by atoms with van der Waals surface area (Å²) < 4.78 is 2.12. The number of anilines is 2. The number of aromatic amines is 1. The number of nitrogens with zero attached hydrogens (tertiary/aromatic N) is 2. The number of carbonyl (C=O) groups is 2. The molecule has 174 valence electrons. The first-order valence-corrected chi connectivity index (χ1v) is 12.0. The molecule has 2 heterocycles. The minimum absolute atomic E-state index is 0.174. The molecular formula is C24H24N6O2S2. The van der Waals surface area contributed by atoms with Gasteiger partial charge in [0.25, 0.3) is 0 Å². The van der Waals surface area contributed by atoms with Crippen LogP contribution >= 0.6 is 23.6 Å². The van der Waals surface area contributed by atoms with Crippen molar-refractivity contribution in [1.29, 1.82) is 0 Å². The van der Waals surface area contributed by atoms with E-state index in [-0.39, 0.29) is 18.0 Å². The van der Waals surface area contributed by atoms with E-state index in [4.69, 9.17) is 12.2 Å². The Bertz CT molecular complexity index is 1310. The summed E-state index contributed by atoms with van der Waals surface area (Å²) in [5, 5.41) is 17.6. The highest BCUT2D eigenvalue weighted by atomic mass is 32.1. The Morgan fingerprint density at radius 1 is 0.971 bits per heavy atom. The standard InChI is InChI=1S/C24H24N6O2S2/c1-15(17-10-12-19(13-11-17)27-23(32)26-18-7-4-3-5-8-18)25-22(31)16(2)30-21(28-29-24(30)33)20-9-6-14-34-20/h3-16H,1-2H3,(H,25,31)(H,29,33)(H2,26,27,32). The zero-order chi connectivity index (χ0) is 24.1. The van der Waals surface area contributed by atoms with Gasteiger partial charge in [-0.15, -0.1) is 11.3 Å². The molecule has 0 spiro atoms. The van der Waals surface area contributed by atoms with E-state index in [0.717, 1.165) is 10.4 Å². The van der Waals surface area contributed by atoms with Crippen LogP contribution in [0.15, 0.2) is 72.1 Å². The molecule has 2 unspecified atom stereocenters. The molecule has 2 atom stereocenters. The molecule has 0 saturated carbocycles. The Kier molecular flexibility index (Phi) is 7.19. The van der Waals surface area contributed by atoms with Crippen molar-refractivity contribution in [3.05, 3.63) is 82.4 Å². The van der Waals surface area contributed by atoms with Gasteiger partial charge in [-0.3, -0.25) is 14.5 Å². The Hall–Kier alpha value is -3.76. The average molecular weight is 493 g/mol. The van der Waals surface area contributed by atoms with Crippen LogP contribution < -0.4 is 16.0 Å². The van der Waals surface area contributed by atoms with Crippen LogP contribution in [0.1, 0.15) is 31.5 Å². The monoisotopic (exact) mass is 492 g/mol. The van der Waals surface area contributed by atoms with E-state index < -0.39 is 6.04 Å². The van der Waals surface area contributed by atoms with Crippen molar-refractivity contribution in [1.82, 2.24) is 20.1 Å². The van der Waals surface area contributed by atoms with Crippen molar-refractivity contribution in [3.8, 4) is 10.7 Å². The molecule has 2 aromatic heterocycles. The number of urea groups is 1. The van der Waals surface area contributed by atoms with Crippen molar-refractivity contribution in [2.75, 3.05) is 10.6 Å². The number of aromatic nitrogens is 3. The van der Waals surface area contributed by atoms with Crippen molar-refractivity contribution in [2.24, 2.45) is 0 Å². The van der Waals surface area contributed by atoms with Gasteiger partial charge in [0.15, 0.2) is 10.6 Å². The van der Waals surface area contributed by atoms with Gasteiger partial charge in [0.1, 0.15) is 6.04 Å². The normalized spacial score (nSPS) is 12.5. The third-order valence-corrected chi connectivity index (χ3v) is 6.43. The maximum Gasteiger partial charge on any atom is 0.323 e. The van der Waals surface area contributed by atoms with Crippen LogP contribution in [0.2, 0.25) is 0 Å². The average Bonchev–Trinajstić information content (AvgIpc) is 3.49. The molecule has 10 heteroatoms. The molecule has 0 aliphatic carbocycles. The van der Waals surface area contributed by atoms with E-state index in [1.165, 1.54) is 11.3 Å². The van der Waals surface area contributed by atoms with Crippen molar-refractivity contribution < 1.29 is 9.59 Å². The summed E-state index contributed by atoms with van der Waals surface area (Å²) in [6, 6.07) is 19.3. The third-order valence-electron chi connectivity index (χ3n) is 5.27. The summed E-state index contributed by atoms with van der Waals surface area (Å²) in [6.45, 7) is 3.70. The van der Waals surface area contributed by atoms with Crippen LogP contribution in [-0.4, -0.2) is 26.7 Å². The summed E-state index contributed by atoms with van der Waals surface area (Å²) >= 11 is 6.90. The highest BCUT2D eigenvalue weighted by molar-refractivity contribution is 7.71. The van der Waals surface area contributed by atoms with Crippen molar-refractivity contribution >= 4 is 46.9 Å². The van der Waals surface area contributed by atoms with Gasteiger partial charge < -0.3 is 16.0 Å². The maximum atomic E-state index is 13.0. The van der Waals surface area contributed by atoms with Crippen molar-refractivity contribution in [2.45, 2.75) is 25.9 Å². The number of rotatable bonds is 7. The zero-order valence-corrected chi connectivity index (χ0v) is 20.2. The lowest BCUT2D eigenvalue weighted by atomic mass is 10.1. The summed E-state index contributed by atoms with van der Waals surface area (Å²) in [7, 11) is 0. The minimum Gasteiger partial charge on any atom is -0.348 e. The molecule has 4 N–H and O–H groups in total. The van der Waals surface area contributed by atoms with Crippen LogP contribution in [0.5, 0.6) is 0 Å². The Morgan fingerprint density at radius 2 is 1.65 bits per heavy atom. The summed E-state index contributed by atoms with van der Waals surface area (Å²) in [5.41, 5.74) is 2.26.